The number of phenolic OH excluding ortho intramolecular Hbond substituents is 1. The third-order valence-electron chi connectivity index (χ3n) is 5.03. The number of nitrogens with one attached hydrogen (secondary N) is 1. The lowest BCUT2D eigenvalue weighted by molar-refractivity contribution is -0.116. The van der Waals surface area contributed by atoms with Gasteiger partial charge in [0.1, 0.15) is 11.4 Å². The highest BCUT2D eigenvalue weighted by atomic mass is 35.5. The van der Waals surface area contributed by atoms with Gasteiger partial charge in [0.05, 0.1) is 5.36 Å². The van der Waals surface area contributed by atoms with E-state index in [0.29, 0.717) is 21.6 Å². The molecule has 2 aliphatic rings. The predicted octanol–water partition coefficient (Wildman–Crippen LogP) is 3.12. The molecule has 6 nitrogen and oxygen atoms in total. The van der Waals surface area contributed by atoms with Crippen LogP contribution in [0, 0.1) is 0 Å². The Morgan fingerprint density at radius 2 is 1.77 bits per heavy atom. The summed E-state index contributed by atoms with van der Waals surface area (Å²) in [6.07, 6.45) is -0.521. The molecule has 2 heterocycles. The number of phenols is 1. The van der Waals surface area contributed by atoms with Crippen LogP contribution in [0.2, 0.25) is 5.02 Å². The number of benzene rings is 3. The van der Waals surface area contributed by atoms with Crippen molar-refractivity contribution in [2.75, 3.05) is 0 Å². The van der Waals surface area contributed by atoms with Crippen molar-refractivity contribution in [1.82, 2.24) is 10.3 Å². The van der Waals surface area contributed by atoms with E-state index < -0.39 is 6.17 Å². The first-order valence-corrected chi connectivity index (χ1v) is 11.0. The van der Waals surface area contributed by atoms with E-state index >= 15 is 0 Å². The molecule has 2 aliphatic heterocycles. The lowest BCUT2D eigenvalue weighted by Gasteiger charge is -2.34. The fraction of sp³-hybridized carbons (Fsp3) is 0.0870. The molecule has 1 atom stereocenters. The summed E-state index contributed by atoms with van der Waals surface area (Å²) in [5, 5.41) is 21.6. The average Bonchev–Trinajstić information content (AvgIpc) is 2.78. The van der Waals surface area contributed by atoms with Crippen LogP contribution < -0.4 is 15.9 Å². The molecule has 0 spiro atoms. The SMILES string of the molecule is O=C1NC(SCc2ccccc2Cl)=NN2C1=c1ccccc1=NC2c1ccc(O)cc1. The van der Waals surface area contributed by atoms with Gasteiger partial charge < -0.3 is 5.11 Å². The van der Waals surface area contributed by atoms with Crippen LogP contribution in [0.1, 0.15) is 17.3 Å². The number of hydrazone groups is 1. The van der Waals surface area contributed by atoms with Crippen LogP contribution in [0.3, 0.4) is 0 Å². The summed E-state index contributed by atoms with van der Waals surface area (Å²) in [6.45, 7) is 0. The number of fused-ring (bicyclic) bond motifs is 2. The summed E-state index contributed by atoms with van der Waals surface area (Å²) < 4.78 is 0. The van der Waals surface area contributed by atoms with Crippen LogP contribution >= 0.6 is 23.4 Å². The summed E-state index contributed by atoms with van der Waals surface area (Å²) in [4.78, 5) is 18.0. The van der Waals surface area contributed by atoms with Crippen LogP contribution in [0.25, 0.3) is 5.70 Å². The Hall–Kier alpha value is -3.29. The van der Waals surface area contributed by atoms with Gasteiger partial charge >= 0.3 is 0 Å². The van der Waals surface area contributed by atoms with Gasteiger partial charge in [-0.25, -0.2) is 5.01 Å². The zero-order chi connectivity index (χ0) is 21.4. The van der Waals surface area contributed by atoms with Crippen molar-refractivity contribution in [3.05, 3.63) is 99.5 Å². The molecule has 5 rings (SSSR count). The highest BCUT2D eigenvalue weighted by Crippen LogP contribution is 2.32. The first-order chi connectivity index (χ1) is 15.1. The van der Waals surface area contributed by atoms with Gasteiger partial charge in [0.2, 0.25) is 0 Å². The van der Waals surface area contributed by atoms with Crippen molar-refractivity contribution in [3.8, 4) is 5.75 Å². The van der Waals surface area contributed by atoms with E-state index in [2.05, 4.69) is 5.32 Å². The van der Waals surface area contributed by atoms with E-state index in [-0.39, 0.29) is 11.7 Å². The van der Waals surface area contributed by atoms with Crippen molar-refractivity contribution >= 4 is 40.1 Å². The molecule has 2 N–H and O–H groups in total. The second kappa shape index (κ2) is 8.09. The number of carbonyl (C=O) groups is 1. The quantitative estimate of drug-likeness (QED) is 0.645. The minimum Gasteiger partial charge on any atom is -0.508 e. The standard InChI is InChI=1S/C23H17ClN4O2S/c24-18-7-3-1-5-15(18)13-31-23-26-22(30)20-17-6-2-4-8-19(17)25-21(28(20)27-23)14-9-11-16(29)12-10-14/h1-12,21,29H,13H2,(H,26,27,30). The van der Waals surface area contributed by atoms with Crippen LogP contribution in [-0.4, -0.2) is 21.2 Å². The molecule has 8 heteroatoms. The Bertz CT molecular complexity index is 1320. The molecule has 0 radical (unpaired) electrons. The molecule has 3 aromatic rings. The number of nitrogens with zero attached hydrogens (tertiary/aromatic N) is 3. The molecular weight excluding hydrogens is 432 g/mol. The molecule has 0 aromatic heterocycles. The first-order valence-electron chi connectivity index (χ1n) is 9.62. The zero-order valence-electron chi connectivity index (χ0n) is 16.2. The van der Waals surface area contributed by atoms with E-state index in [1.54, 1.807) is 29.3 Å². The molecule has 0 aliphatic carbocycles. The Kier molecular flexibility index (Phi) is 5.13. The van der Waals surface area contributed by atoms with E-state index in [4.69, 9.17) is 21.7 Å². The van der Waals surface area contributed by atoms with Gasteiger partial charge in [-0.3, -0.25) is 15.1 Å². The predicted molar refractivity (Wildman–Crippen MR) is 122 cm³/mol. The zero-order valence-corrected chi connectivity index (χ0v) is 17.8. The summed E-state index contributed by atoms with van der Waals surface area (Å²) in [5.41, 5.74) is 2.23. The molecular formula is C23H17ClN4O2S. The molecule has 1 amide bonds. The molecule has 0 saturated heterocycles. The Morgan fingerprint density at radius 1 is 1.03 bits per heavy atom. The molecule has 1 unspecified atom stereocenters. The number of rotatable bonds is 3. The number of carbonyl (C=O) groups excluding carboxylic acids is 1. The summed E-state index contributed by atoms with van der Waals surface area (Å²) >= 11 is 7.67. The topological polar surface area (TPSA) is 77.3 Å². The lowest BCUT2D eigenvalue weighted by atomic mass is 10.1. The van der Waals surface area contributed by atoms with Crippen LogP contribution in [0.15, 0.2) is 82.9 Å². The number of hydrogen-bond donors (Lipinski definition) is 2. The molecule has 0 fully saturated rings. The normalized spacial score (nSPS) is 17.3. The van der Waals surface area contributed by atoms with Gasteiger partial charge in [0, 0.05) is 16.0 Å². The molecule has 0 saturated carbocycles. The number of amidine groups is 1. The number of halogens is 1. The van der Waals surface area contributed by atoms with Gasteiger partial charge in [-0.2, -0.15) is 0 Å². The lowest BCUT2D eigenvalue weighted by Crippen LogP contribution is -2.50. The van der Waals surface area contributed by atoms with Crippen LogP contribution in [0.4, 0.5) is 0 Å². The van der Waals surface area contributed by atoms with Gasteiger partial charge in [-0.05, 0) is 35.4 Å². The van der Waals surface area contributed by atoms with E-state index in [9.17, 15) is 9.90 Å². The van der Waals surface area contributed by atoms with Crippen molar-refractivity contribution in [2.24, 2.45) is 10.1 Å². The summed E-state index contributed by atoms with van der Waals surface area (Å²) in [7, 11) is 0. The second-order valence-electron chi connectivity index (χ2n) is 7.04. The fourth-order valence-corrected chi connectivity index (χ4v) is 4.65. The fourth-order valence-electron chi connectivity index (χ4n) is 3.52. The maximum atomic E-state index is 13.1. The largest absolute Gasteiger partial charge is 0.508 e. The van der Waals surface area contributed by atoms with Crippen molar-refractivity contribution in [3.63, 3.8) is 0 Å². The van der Waals surface area contributed by atoms with E-state index in [1.165, 1.54) is 11.8 Å². The van der Waals surface area contributed by atoms with Crippen LogP contribution in [-0.2, 0) is 10.5 Å². The molecule has 31 heavy (non-hydrogen) atoms. The van der Waals surface area contributed by atoms with Crippen molar-refractivity contribution < 1.29 is 9.90 Å². The first kappa shape index (κ1) is 19.7. The average molecular weight is 449 g/mol. The summed E-state index contributed by atoms with van der Waals surface area (Å²) in [6, 6.07) is 21.9. The molecule has 154 valence electrons. The van der Waals surface area contributed by atoms with Gasteiger partial charge in [0.15, 0.2) is 11.3 Å². The van der Waals surface area contributed by atoms with Gasteiger partial charge in [-0.15, -0.1) is 5.10 Å². The number of aromatic hydroxyl groups is 1. The van der Waals surface area contributed by atoms with Gasteiger partial charge in [0.25, 0.3) is 5.91 Å². The highest BCUT2D eigenvalue weighted by molar-refractivity contribution is 8.13. The minimum absolute atomic E-state index is 0.167. The molecule has 0 bridgehead atoms. The smallest absolute Gasteiger partial charge is 0.276 e. The minimum atomic E-state index is -0.521. The van der Waals surface area contributed by atoms with Crippen molar-refractivity contribution in [2.45, 2.75) is 11.9 Å². The second-order valence-corrected chi connectivity index (χ2v) is 8.42. The highest BCUT2D eigenvalue weighted by Gasteiger charge is 2.34. The van der Waals surface area contributed by atoms with E-state index in [1.807, 2.05) is 48.5 Å². The number of amides is 1. The molecule has 3 aromatic carbocycles. The van der Waals surface area contributed by atoms with Crippen LogP contribution in [0.5, 0.6) is 5.75 Å². The number of hydrogen-bond acceptors (Lipinski definition) is 6. The summed E-state index contributed by atoms with van der Waals surface area (Å²) in [5.74, 6) is 0.502. The number of thioether (sulfide) groups is 1. The van der Waals surface area contributed by atoms with E-state index in [0.717, 1.165) is 21.7 Å². The van der Waals surface area contributed by atoms with Gasteiger partial charge in [-0.1, -0.05) is 71.9 Å². The third kappa shape index (κ3) is 3.78. The third-order valence-corrected chi connectivity index (χ3v) is 6.31. The number of para-hydroxylation sites is 1. The van der Waals surface area contributed by atoms with Crippen molar-refractivity contribution in [1.29, 1.82) is 0 Å². The Labute approximate surface area is 187 Å². The Morgan fingerprint density at radius 3 is 2.58 bits per heavy atom. The maximum absolute atomic E-state index is 13.1. The Balaban J connectivity index is 1.56. The maximum Gasteiger partial charge on any atom is 0.276 e. The monoisotopic (exact) mass is 448 g/mol.